The predicted molar refractivity (Wildman–Crippen MR) is 49.6 cm³/mol. The van der Waals surface area contributed by atoms with E-state index in [2.05, 4.69) is 0 Å². The first-order valence-corrected chi connectivity index (χ1v) is 5.31. The summed E-state index contributed by atoms with van der Waals surface area (Å²) in [6, 6.07) is 0. The minimum atomic E-state index is -4.93. The van der Waals surface area contributed by atoms with Gasteiger partial charge in [-0.25, -0.2) is 0 Å². The van der Waals surface area contributed by atoms with Crippen molar-refractivity contribution in [3.05, 3.63) is 0 Å². The van der Waals surface area contributed by atoms with Gasteiger partial charge in [0.2, 0.25) is 11.6 Å². The topological polar surface area (TPSA) is 66.4 Å². The molecule has 0 unspecified atom stereocenters. The second kappa shape index (κ2) is 3.44. The summed E-state index contributed by atoms with van der Waals surface area (Å²) in [5.41, 5.74) is -4.22. The minimum Gasteiger partial charge on any atom is -0.363 e. The van der Waals surface area contributed by atoms with E-state index < -0.39 is 35.6 Å². The van der Waals surface area contributed by atoms with Gasteiger partial charge in [0.1, 0.15) is 6.29 Å². The average Bonchev–Trinajstić information content (AvgIpc) is 2.12. The van der Waals surface area contributed by atoms with Crippen LogP contribution in [-0.4, -0.2) is 29.2 Å². The van der Waals surface area contributed by atoms with E-state index in [4.69, 9.17) is 0 Å². The third-order valence-electron chi connectivity index (χ3n) is 3.83. The van der Waals surface area contributed by atoms with E-state index in [1.807, 2.05) is 0 Å². The summed E-state index contributed by atoms with van der Waals surface area (Å²) >= 11 is 0. The van der Waals surface area contributed by atoms with Gasteiger partial charge in [0.25, 0.3) is 0 Å². The Morgan fingerprint density at radius 1 is 1.41 bits per heavy atom. The fraction of sp³-hybridized carbons (Fsp3) is 0.800. The zero-order chi connectivity index (χ0) is 12.9. The Hall–Kier alpha value is -1.11. The second-order valence-corrected chi connectivity index (χ2v) is 4.85. The molecule has 0 aromatic rings. The number of nitrogens with one attached hydrogen (secondary N) is 1. The molecule has 1 saturated carbocycles. The molecular weight excluding hydrogens is 239 g/mol. The van der Waals surface area contributed by atoms with Crippen LogP contribution in [0.1, 0.15) is 25.7 Å². The van der Waals surface area contributed by atoms with Gasteiger partial charge < -0.3 is 15.2 Å². The summed E-state index contributed by atoms with van der Waals surface area (Å²) in [6.07, 6.45) is -3.79. The lowest BCUT2D eigenvalue weighted by atomic mass is 9.56. The summed E-state index contributed by atoms with van der Waals surface area (Å²) in [5, 5.41) is 11.0. The molecule has 1 aliphatic heterocycles. The molecular formula is C10H12F3NO3. The number of piperidine rings is 1. The van der Waals surface area contributed by atoms with E-state index in [9.17, 15) is 27.9 Å². The highest BCUT2D eigenvalue weighted by Crippen LogP contribution is 2.55. The first kappa shape index (κ1) is 12.3. The molecule has 2 rings (SSSR count). The van der Waals surface area contributed by atoms with E-state index in [1.54, 1.807) is 0 Å². The third-order valence-corrected chi connectivity index (χ3v) is 3.83. The maximum absolute atomic E-state index is 12.7. The molecule has 4 nitrogen and oxygen atoms in total. The molecule has 0 aromatic heterocycles. The fourth-order valence-corrected chi connectivity index (χ4v) is 2.72. The van der Waals surface area contributed by atoms with Gasteiger partial charge >= 0.3 is 6.18 Å². The molecule has 0 aromatic carbocycles. The number of carbonyl (C=O) groups is 2. The summed E-state index contributed by atoms with van der Waals surface area (Å²) in [4.78, 5) is 22.3. The molecule has 1 heterocycles. The molecule has 2 atom stereocenters. The van der Waals surface area contributed by atoms with Crippen molar-refractivity contribution in [3.8, 4) is 0 Å². The van der Waals surface area contributed by atoms with E-state index >= 15 is 0 Å². The minimum absolute atomic E-state index is 0.363. The Kier molecular flexibility index (Phi) is 2.50. The second-order valence-electron chi connectivity index (χ2n) is 4.85. The molecule has 1 aliphatic carbocycles. The van der Waals surface area contributed by atoms with Gasteiger partial charge in [-0.15, -0.1) is 0 Å². The number of aliphatic hydroxyl groups is 1. The lowest BCUT2D eigenvalue weighted by Gasteiger charge is -2.53. The highest BCUT2D eigenvalue weighted by Gasteiger charge is 2.65. The van der Waals surface area contributed by atoms with Crippen LogP contribution in [0.3, 0.4) is 0 Å². The number of hydrogen-bond acceptors (Lipinski definition) is 3. The highest BCUT2D eigenvalue weighted by atomic mass is 19.4. The Bertz CT molecular complexity index is 364. The molecule has 2 N–H and O–H groups in total. The van der Waals surface area contributed by atoms with E-state index in [0.29, 0.717) is 25.5 Å². The predicted octanol–water partition coefficient (Wildman–Crippen LogP) is 0.743. The normalized spacial score (nSPS) is 36.2. The molecule has 0 radical (unpaired) electrons. The SMILES string of the molecule is O=C[C@H]1C(=O)N[C@@](O)(C(F)(F)F)CC12CCC2. The van der Waals surface area contributed by atoms with Crippen molar-refractivity contribution >= 4 is 12.2 Å². The first-order chi connectivity index (χ1) is 7.74. The van der Waals surface area contributed by atoms with Gasteiger partial charge in [-0.3, -0.25) is 4.79 Å². The summed E-state index contributed by atoms with van der Waals surface area (Å²) in [5.74, 6) is -2.12. The van der Waals surface area contributed by atoms with Gasteiger partial charge in [0, 0.05) is 6.42 Å². The van der Waals surface area contributed by atoms with Crippen LogP contribution >= 0.6 is 0 Å². The van der Waals surface area contributed by atoms with Crippen molar-refractivity contribution in [2.24, 2.45) is 11.3 Å². The Morgan fingerprint density at radius 2 is 2.00 bits per heavy atom. The Labute approximate surface area is 95.2 Å². The monoisotopic (exact) mass is 251 g/mol. The molecule has 1 spiro atoms. The van der Waals surface area contributed by atoms with Gasteiger partial charge in [-0.1, -0.05) is 6.42 Å². The zero-order valence-corrected chi connectivity index (χ0v) is 8.88. The lowest BCUT2D eigenvalue weighted by molar-refractivity contribution is -0.294. The smallest absolute Gasteiger partial charge is 0.363 e. The maximum Gasteiger partial charge on any atom is 0.436 e. The summed E-state index contributed by atoms with van der Waals surface area (Å²) in [6.45, 7) is 0. The van der Waals surface area contributed by atoms with Crippen molar-refractivity contribution < 1.29 is 27.9 Å². The van der Waals surface area contributed by atoms with Crippen LogP contribution in [0, 0.1) is 11.3 Å². The molecule has 96 valence electrons. The van der Waals surface area contributed by atoms with Gasteiger partial charge in [0.15, 0.2) is 0 Å². The Balaban J connectivity index is 2.34. The molecule has 1 saturated heterocycles. The summed E-state index contributed by atoms with van der Waals surface area (Å²) < 4.78 is 38.0. The number of rotatable bonds is 1. The van der Waals surface area contributed by atoms with Crippen LogP contribution in [-0.2, 0) is 9.59 Å². The van der Waals surface area contributed by atoms with E-state index in [-0.39, 0.29) is 0 Å². The number of carbonyl (C=O) groups excluding carboxylic acids is 2. The number of amides is 1. The molecule has 17 heavy (non-hydrogen) atoms. The van der Waals surface area contributed by atoms with Crippen molar-refractivity contribution in [1.82, 2.24) is 5.32 Å². The number of aldehydes is 1. The Morgan fingerprint density at radius 3 is 2.35 bits per heavy atom. The summed E-state index contributed by atoms with van der Waals surface area (Å²) in [7, 11) is 0. The zero-order valence-electron chi connectivity index (χ0n) is 8.88. The van der Waals surface area contributed by atoms with Crippen molar-refractivity contribution in [3.63, 3.8) is 0 Å². The van der Waals surface area contributed by atoms with Crippen LogP contribution in [0.25, 0.3) is 0 Å². The molecule has 0 bridgehead atoms. The van der Waals surface area contributed by atoms with Crippen molar-refractivity contribution in [2.75, 3.05) is 0 Å². The average molecular weight is 251 g/mol. The van der Waals surface area contributed by atoms with Crippen molar-refractivity contribution in [2.45, 2.75) is 37.6 Å². The van der Waals surface area contributed by atoms with Gasteiger partial charge in [-0.2, -0.15) is 13.2 Å². The van der Waals surface area contributed by atoms with Gasteiger partial charge in [0.05, 0.1) is 5.92 Å². The quantitative estimate of drug-likeness (QED) is 0.533. The molecule has 2 aliphatic rings. The first-order valence-electron chi connectivity index (χ1n) is 5.31. The lowest BCUT2D eigenvalue weighted by Crippen LogP contribution is -2.69. The van der Waals surface area contributed by atoms with Crippen LogP contribution in [0.5, 0.6) is 0 Å². The van der Waals surface area contributed by atoms with Crippen LogP contribution in [0.2, 0.25) is 0 Å². The maximum atomic E-state index is 12.7. The third kappa shape index (κ3) is 1.64. The highest BCUT2D eigenvalue weighted by molar-refractivity contribution is 5.94. The molecule has 7 heteroatoms. The van der Waals surface area contributed by atoms with Crippen molar-refractivity contribution in [1.29, 1.82) is 0 Å². The number of hydrogen-bond donors (Lipinski definition) is 2. The largest absolute Gasteiger partial charge is 0.436 e. The van der Waals surface area contributed by atoms with E-state index in [0.717, 1.165) is 0 Å². The molecule has 2 fully saturated rings. The van der Waals surface area contributed by atoms with Gasteiger partial charge in [-0.05, 0) is 18.3 Å². The number of halogens is 3. The van der Waals surface area contributed by atoms with E-state index in [1.165, 1.54) is 5.32 Å². The standard InChI is InChI=1S/C10H12F3NO3/c11-10(12,13)9(17)5-8(2-1-3-8)6(4-15)7(16)14-9/h4,6,17H,1-3,5H2,(H,14,16)/t6-,9-/m0/s1. The fourth-order valence-electron chi connectivity index (χ4n) is 2.72. The van der Waals surface area contributed by atoms with Crippen LogP contribution in [0.4, 0.5) is 13.2 Å². The van der Waals surface area contributed by atoms with Crippen LogP contribution in [0.15, 0.2) is 0 Å². The van der Waals surface area contributed by atoms with Crippen LogP contribution < -0.4 is 5.32 Å². The molecule has 1 amide bonds. The number of alkyl halides is 3.